The fourth-order valence-electron chi connectivity index (χ4n) is 1.95. The molecule has 0 amide bonds. The Kier molecular flexibility index (Phi) is 4.07. The van der Waals surface area contributed by atoms with Crippen molar-refractivity contribution >= 4 is 23.0 Å². The largest absolute Gasteiger partial charge is 0.481 e. The molecule has 2 aromatic heterocycles. The van der Waals surface area contributed by atoms with Gasteiger partial charge in [0.25, 0.3) is 0 Å². The number of carbonyl (C=O) groups is 2. The van der Waals surface area contributed by atoms with E-state index in [9.17, 15) is 9.59 Å². The Balaban J connectivity index is 2.65. The summed E-state index contributed by atoms with van der Waals surface area (Å²) in [6, 6.07) is 3.09. The van der Waals surface area contributed by atoms with Gasteiger partial charge in [-0.05, 0) is 26.8 Å². The second-order valence-corrected chi connectivity index (χ2v) is 5.62. The van der Waals surface area contributed by atoms with Crippen LogP contribution in [-0.4, -0.2) is 41.4 Å². The normalized spacial score (nSPS) is 11.3. The van der Waals surface area contributed by atoms with Crippen LogP contribution in [-0.2, 0) is 9.47 Å². The SMILES string of the molecule is COC(=O)c1cc2cnc(OC)cc2n1C(=O)OC(C)(C)C. The Morgan fingerprint density at radius 1 is 1.18 bits per heavy atom. The minimum atomic E-state index is -0.696. The third-order valence-electron chi connectivity index (χ3n) is 2.84. The minimum Gasteiger partial charge on any atom is -0.481 e. The maximum absolute atomic E-state index is 12.4. The van der Waals surface area contributed by atoms with Crippen LogP contribution in [0.15, 0.2) is 18.3 Å². The van der Waals surface area contributed by atoms with Gasteiger partial charge < -0.3 is 14.2 Å². The van der Waals surface area contributed by atoms with Crippen molar-refractivity contribution < 1.29 is 23.8 Å². The van der Waals surface area contributed by atoms with Gasteiger partial charge in [-0.15, -0.1) is 0 Å². The van der Waals surface area contributed by atoms with Crippen molar-refractivity contribution in [3.63, 3.8) is 0 Å². The fraction of sp³-hybridized carbons (Fsp3) is 0.400. The van der Waals surface area contributed by atoms with Crippen LogP contribution >= 0.6 is 0 Å². The van der Waals surface area contributed by atoms with Gasteiger partial charge in [0.15, 0.2) is 0 Å². The van der Waals surface area contributed by atoms with E-state index in [0.29, 0.717) is 16.8 Å². The Morgan fingerprint density at radius 2 is 1.86 bits per heavy atom. The van der Waals surface area contributed by atoms with E-state index in [1.807, 2.05) is 0 Å². The molecule has 2 aromatic rings. The van der Waals surface area contributed by atoms with Gasteiger partial charge in [-0.1, -0.05) is 0 Å². The molecule has 2 rings (SSSR count). The van der Waals surface area contributed by atoms with Gasteiger partial charge >= 0.3 is 12.1 Å². The molecule has 0 aromatic carbocycles. The number of hydrogen-bond acceptors (Lipinski definition) is 6. The van der Waals surface area contributed by atoms with Gasteiger partial charge in [0, 0.05) is 17.6 Å². The van der Waals surface area contributed by atoms with Gasteiger partial charge in [0.1, 0.15) is 11.3 Å². The van der Waals surface area contributed by atoms with Crippen LogP contribution in [0.2, 0.25) is 0 Å². The lowest BCUT2D eigenvalue weighted by molar-refractivity contribution is 0.0489. The number of ether oxygens (including phenoxy) is 3. The standard InChI is InChI=1S/C15H18N2O5/c1-15(2,3)22-14(19)17-10-7-12(20-4)16-8-9(10)6-11(17)13(18)21-5/h6-8H,1-5H3. The third kappa shape index (κ3) is 3.03. The molecule has 0 N–H and O–H groups in total. The molecule has 7 nitrogen and oxygen atoms in total. The summed E-state index contributed by atoms with van der Waals surface area (Å²) < 4.78 is 16.3. The van der Waals surface area contributed by atoms with Crippen molar-refractivity contribution in [3.05, 3.63) is 24.0 Å². The predicted molar refractivity (Wildman–Crippen MR) is 79.3 cm³/mol. The lowest BCUT2D eigenvalue weighted by atomic mass is 10.2. The van der Waals surface area contributed by atoms with E-state index >= 15 is 0 Å². The summed E-state index contributed by atoms with van der Waals surface area (Å²) in [7, 11) is 2.72. The van der Waals surface area contributed by atoms with Crippen LogP contribution in [0.5, 0.6) is 5.88 Å². The smallest absolute Gasteiger partial charge is 0.419 e. The van der Waals surface area contributed by atoms with Crippen molar-refractivity contribution in [1.29, 1.82) is 0 Å². The van der Waals surface area contributed by atoms with Crippen LogP contribution in [0.1, 0.15) is 31.3 Å². The zero-order valence-corrected chi connectivity index (χ0v) is 13.2. The maximum atomic E-state index is 12.4. The average Bonchev–Trinajstić information content (AvgIpc) is 2.82. The number of esters is 1. The number of methoxy groups -OCH3 is 2. The molecule has 0 aliphatic heterocycles. The minimum absolute atomic E-state index is 0.0711. The van der Waals surface area contributed by atoms with Crippen molar-refractivity contribution in [2.24, 2.45) is 0 Å². The lowest BCUT2D eigenvalue weighted by Gasteiger charge is -2.20. The molecule has 0 radical (unpaired) electrons. The molecule has 0 saturated carbocycles. The first-order valence-electron chi connectivity index (χ1n) is 6.64. The molecular formula is C15H18N2O5. The monoisotopic (exact) mass is 306 g/mol. The van der Waals surface area contributed by atoms with Gasteiger partial charge in [-0.2, -0.15) is 0 Å². The molecule has 118 valence electrons. The average molecular weight is 306 g/mol. The van der Waals surface area contributed by atoms with Crippen molar-refractivity contribution in [3.8, 4) is 5.88 Å². The summed E-state index contributed by atoms with van der Waals surface area (Å²) in [5.41, 5.74) is -0.165. The molecule has 2 heterocycles. The zero-order valence-electron chi connectivity index (χ0n) is 13.2. The summed E-state index contributed by atoms with van der Waals surface area (Å²) in [5.74, 6) is -0.312. The molecule has 0 aliphatic rings. The first kappa shape index (κ1) is 15.8. The summed E-state index contributed by atoms with van der Waals surface area (Å²) in [6.07, 6.45) is 0.845. The molecule has 0 atom stereocenters. The van der Waals surface area contributed by atoms with Crippen LogP contribution in [0.4, 0.5) is 4.79 Å². The highest BCUT2D eigenvalue weighted by molar-refractivity contribution is 6.01. The van der Waals surface area contributed by atoms with Crippen LogP contribution in [0.25, 0.3) is 10.9 Å². The Labute approximate surface area is 127 Å². The highest BCUT2D eigenvalue weighted by Gasteiger charge is 2.25. The molecule has 0 aliphatic carbocycles. The molecule has 0 saturated heterocycles. The summed E-state index contributed by atoms with van der Waals surface area (Å²) in [5, 5.41) is 0.604. The van der Waals surface area contributed by atoms with Crippen LogP contribution in [0, 0.1) is 0 Å². The Hall–Kier alpha value is -2.57. The lowest BCUT2D eigenvalue weighted by Crippen LogP contribution is -2.29. The van der Waals surface area contributed by atoms with Crippen molar-refractivity contribution in [2.75, 3.05) is 14.2 Å². The highest BCUT2D eigenvalue weighted by atomic mass is 16.6. The number of fused-ring (bicyclic) bond motifs is 1. The Bertz CT molecular complexity index is 727. The molecule has 7 heteroatoms. The highest BCUT2D eigenvalue weighted by Crippen LogP contribution is 2.24. The summed E-state index contributed by atoms with van der Waals surface area (Å²) in [4.78, 5) is 28.4. The molecule has 0 spiro atoms. The number of carbonyl (C=O) groups excluding carboxylic acids is 2. The van der Waals surface area contributed by atoms with E-state index in [4.69, 9.17) is 14.2 Å². The molecule has 0 bridgehead atoms. The number of nitrogens with zero attached hydrogens (tertiary/aromatic N) is 2. The van der Waals surface area contributed by atoms with Gasteiger partial charge in [-0.3, -0.25) is 0 Å². The second kappa shape index (κ2) is 5.67. The maximum Gasteiger partial charge on any atom is 0.419 e. The summed E-state index contributed by atoms with van der Waals surface area (Å²) >= 11 is 0. The molecule has 0 fully saturated rings. The molecule has 0 unspecified atom stereocenters. The molecule has 22 heavy (non-hydrogen) atoms. The zero-order chi connectivity index (χ0) is 16.5. The van der Waals surface area contributed by atoms with E-state index in [1.165, 1.54) is 26.5 Å². The van der Waals surface area contributed by atoms with E-state index in [2.05, 4.69) is 4.98 Å². The molecular weight excluding hydrogens is 288 g/mol. The topological polar surface area (TPSA) is 79.7 Å². The first-order valence-corrected chi connectivity index (χ1v) is 6.64. The van der Waals surface area contributed by atoms with E-state index in [0.717, 1.165) is 4.57 Å². The van der Waals surface area contributed by atoms with Crippen molar-refractivity contribution in [2.45, 2.75) is 26.4 Å². The van der Waals surface area contributed by atoms with Crippen LogP contribution in [0.3, 0.4) is 0 Å². The predicted octanol–water partition coefficient (Wildman–Crippen LogP) is 2.61. The second-order valence-electron chi connectivity index (χ2n) is 5.62. The van der Waals surface area contributed by atoms with Crippen LogP contribution < -0.4 is 4.74 Å². The number of pyridine rings is 1. The quantitative estimate of drug-likeness (QED) is 0.793. The number of hydrogen-bond donors (Lipinski definition) is 0. The Morgan fingerprint density at radius 3 is 2.41 bits per heavy atom. The van der Waals surface area contributed by atoms with Crippen molar-refractivity contribution in [1.82, 2.24) is 9.55 Å². The van der Waals surface area contributed by atoms with E-state index in [-0.39, 0.29) is 5.69 Å². The number of rotatable bonds is 2. The van der Waals surface area contributed by atoms with Gasteiger partial charge in [0.05, 0.1) is 19.7 Å². The van der Waals surface area contributed by atoms with E-state index < -0.39 is 17.7 Å². The number of aromatic nitrogens is 2. The van der Waals surface area contributed by atoms with Gasteiger partial charge in [-0.25, -0.2) is 19.1 Å². The fourth-order valence-corrected chi connectivity index (χ4v) is 1.95. The first-order chi connectivity index (χ1) is 10.3. The van der Waals surface area contributed by atoms with Gasteiger partial charge in [0.2, 0.25) is 5.88 Å². The third-order valence-corrected chi connectivity index (χ3v) is 2.84. The summed E-state index contributed by atoms with van der Waals surface area (Å²) in [6.45, 7) is 5.24. The van der Waals surface area contributed by atoms with E-state index in [1.54, 1.807) is 26.8 Å².